The van der Waals surface area contributed by atoms with Crippen LogP contribution < -0.4 is 0 Å². The van der Waals surface area contributed by atoms with E-state index >= 15 is 0 Å². The lowest BCUT2D eigenvalue weighted by Crippen LogP contribution is -2.11. The molecule has 0 saturated carbocycles. The molecule has 8 nitrogen and oxygen atoms in total. The molecule has 0 aliphatic carbocycles. The van der Waals surface area contributed by atoms with E-state index in [0.717, 1.165) is 25.7 Å². The van der Waals surface area contributed by atoms with E-state index in [2.05, 4.69) is 23.7 Å². The minimum atomic E-state index is -0.529. The lowest BCUT2D eigenvalue weighted by molar-refractivity contribution is 0.0506. The van der Waals surface area contributed by atoms with E-state index in [0.29, 0.717) is 24.0 Å². The van der Waals surface area contributed by atoms with E-state index in [1.54, 1.807) is 52.0 Å². The van der Waals surface area contributed by atoms with Crippen molar-refractivity contribution in [3.05, 3.63) is 69.8 Å². The van der Waals surface area contributed by atoms with Gasteiger partial charge < -0.3 is 18.9 Å². The average Bonchev–Trinajstić information content (AvgIpc) is 2.98. The molecule has 0 spiro atoms. The normalized spacial score (nSPS) is 9.90. The molecule has 0 heterocycles. The topological polar surface area (TPSA) is 105 Å². The second-order valence-corrected chi connectivity index (χ2v) is 8.92. The molecule has 0 aliphatic heterocycles. The van der Waals surface area contributed by atoms with Gasteiger partial charge in [0.25, 0.3) is 0 Å². The molecule has 2 rings (SSSR count). The summed E-state index contributed by atoms with van der Waals surface area (Å²) in [6.07, 6.45) is 5.01. The van der Waals surface area contributed by atoms with Gasteiger partial charge in [0.2, 0.25) is 0 Å². The molecule has 0 N–H and O–H groups in total. The molecular weight excluding hydrogens is 536 g/mol. The van der Waals surface area contributed by atoms with Crippen molar-refractivity contribution >= 4 is 23.9 Å². The van der Waals surface area contributed by atoms with Crippen LogP contribution in [0.4, 0.5) is 0 Å². The van der Waals surface area contributed by atoms with Crippen LogP contribution in [-0.2, 0) is 18.9 Å². The lowest BCUT2D eigenvalue weighted by atomic mass is 10.0. The van der Waals surface area contributed by atoms with Gasteiger partial charge in [-0.25, -0.2) is 19.2 Å². The fraction of sp³-hybridized carbons (Fsp3) is 0.412. The fourth-order valence-corrected chi connectivity index (χ4v) is 3.84. The molecule has 0 saturated heterocycles. The number of rotatable bonds is 13. The highest BCUT2D eigenvalue weighted by Crippen LogP contribution is 2.16. The van der Waals surface area contributed by atoms with Crippen molar-refractivity contribution in [1.82, 2.24) is 0 Å². The first kappa shape index (κ1) is 33.6. The van der Waals surface area contributed by atoms with Gasteiger partial charge in [-0.15, -0.1) is 0 Å². The van der Waals surface area contributed by atoms with E-state index in [1.165, 1.54) is 12.1 Å². The summed E-state index contributed by atoms with van der Waals surface area (Å²) in [6, 6.07) is 9.40. The van der Waals surface area contributed by atoms with Crippen molar-refractivity contribution in [1.29, 1.82) is 0 Å². The molecule has 2 aromatic carbocycles. The standard InChI is InChI=1S/C34H38O8/c1-5-39-31(35)27-21-19-25(29(23-27)33(37)41-7-3)17-15-13-11-9-10-12-14-16-18-26-20-22-28(32(36)40-6-2)24-30(26)34(38)42-8-4/h19-24H,5-14H2,1-4H3. The number of esters is 4. The third-order valence-corrected chi connectivity index (χ3v) is 5.85. The van der Waals surface area contributed by atoms with Gasteiger partial charge in [-0.1, -0.05) is 36.5 Å². The summed E-state index contributed by atoms with van der Waals surface area (Å²) in [5, 5.41) is 0. The van der Waals surface area contributed by atoms with Gasteiger partial charge in [-0.05, 0) is 76.9 Å². The Balaban J connectivity index is 1.90. The van der Waals surface area contributed by atoms with Crippen molar-refractivity contribution in [3.63, 3.8) is 0 Å². The Morgan fingerprint density at radius 3 is 1.24 bits per heavy atom. The summed E-state index contributed by atoms with van der Waals surface area (Å²) >= 11 is 0. The summed E-state index contributed by atoms with van der Waals surface area (Å²) in [6.45, 7) is 7.79. The van der Waals surface area contributed by atoms with Crippen LogP contribution in [0.2, 0.25) is 0 Å². The quantitative estimate of drug-likeness (QED) is 0.122. The molecule has 8 heteroatoms. The Morgan fingerprint density at radius 2 is 0.881 bits per heavy atom. The summed E-state index contributed by atoms with van der Waals surface area (Å²) < 4.78 is 20.3. The maximum Gasteiger partial charge on any atom is 0.339 e. The predicted molar refractivity (Wildman–Crippen MR) is 158 cm³/mol. The Morgan fingerprint density at radius 1 is 0.524 bits per heavy atom. The number of benzene rings is 2. The van der Waals surface area contributed by atoms with E-state index in [9.17, 15) is 19.2 Å². The maximum atomic E-state index is 12.4. The number of carbonyl (C=O) groups is 4. The van der Waals surface area contributed by atoms with Crippen LogP contribution in [0.5, 0.6) is 0 Å². The maximum absolute atomic E-state index is 12.4. The minimum Gasteiger partial charge on any atom is -0.462 e. The van der Waals surface area contributed by atoms with Gasteiger partial charge in [0.05, 0.1) is 48.7 Å². The molecular formula is C34H38O8. The minimum absolute atomic E-state index is 0.216. The Bertz CT molecular complexity index is 1260. The second kappa shape index (κ2) is 18.7. The van der Waals surface area contributed by atoms with Crippen LogP contribution in [0.3, 0.4) is 0 Å². The second-order valence-electron chi connectivity index (χ2n) is 8.92. The summed E-state index contributed by atoms with van der Waals surface area (Å²) in [7, 11) is 0. The Kier molecular flexibility index (Phi) is 15.0. The molecule has 0 aromatic heterocycles. The average molecular weight is 575 g/mol. The molecule has 0 aliphatic rings. The molecule has 0 radical (unpaired) electrons. The van der Waals surface area contributed by atoms with Crippen LogP contribution in [0.1, 0.15) is 119 Å². The third kappa shape index (κ3) is 10.8. The molecule has 222 valence electrons. The fourth-order valence-electron chi connectivity index (χ4n) is 3.84. The first-order valence-electron chi connectivity index (χ1n) is 14.3. The van der Waals surface area contributed by atoms with Gasteiger partial charge in [-0.3, -0.25) is 0 Å². The molecule has 0 amide bonds. The van der Waals surface area contributed by atoms with Crippen LogP contribution in [0.25, 0.3) is 0 Å². The van der Waals surface area contributed by atoms with Crippen LogP contribution in [-0.4, -0.2) is 50.3 Å². The van der Waals surface area contributed by atoms with Gasteiger partial charge in [-0.2, -0.15) is 0 Å². The molecule has 0 unspecified atom stereocenters. The molecule has 2 aromatic rings. The van der Waals surface area contributed by atoms with E-state index in [4.69, 9.17) is 18.9 Å². The summed E-state index contributed by atoms with van der Waals surface area (Å²) in [5.41, 5.74) is 2.06. The van der Waals surface area contributed by atoms with Gasteiger partial charge in [0, 0.05) is 24.0 Å². The third-order valence-electron chi connectivity index (χ3n) is 5.85. The summed E-state index contributed by atoms with van der Waals surface area (Å²) in [5.74, 6) is 10.2. The Labute approximate surface area is 248 Å². The van der Waals surface area contributed by atoms with E-state index < -0.39 is 23.9 Å². The van der Waals surface area contributed by atoms with Crippen LogP contribution in [0, 0.1) is 23.7 Å². The number of carbonyl (C=O) groups excluding carboxylic acids is 4. The Hall–Kier alpha value is -4.56. The number of ether oxygens (including phenoxy) is 4. The van der Waals surface area contributed by atoms with E-state index in [1.807, 2.05) is 0 Å². The SMILES string of the molecule is CCOC(=O)c1ccc(C#CCCCCCCC#Cc2ccc(C(=O)OCC)cc2C(=O)OCC)c(C(=O)OCC)c1. The van der Waals surface area contributed by atoms with Crippen LogP contribution in [0.15, 0.2) is 36.4 Å². The first-order chi connectivity index (χ1) is 20.4. The first-order valence-corrected chi connectivity index (χ1v) is 14.3. The van der Waals surface area contributed by atoms with Crippen molar-refractivity contribution in [2.75, 3.05) is 26.4 Å². The van der Waals surface area contributed by atoms with Gasteiger partial charge in [0.15, 0.2) is 0 Å². The molecule has 0 fully saturated rings. The number of unbranched alkanes of at least 4 members (excludes halogenated alkanes) is 5. The molecule has 0 bridgehead atoms. The van der Waals surface area contributed by atoms with Gasteiger partial charge in [0.1, 0.15) is 0 Å². The van der Waals surface area contributed by atoms with Crippen molar-refractivity contribution < 1.29 is 38.1 Å². The number of hydrogen-bond donors (Lipinski definition) is 0. The molecule has 42 heavy (non-hydrogen) atoms. The van der Waals surface area contributed by atoms with E-state index in [-0.39, 0.29) is 48.7 Å². The van der Waals surface area contributed by atoms with Crippen molar-refractivity contribution in [2.24, 2.45) is 0 Å². The number of hydrogen-bond acceptors (Lipinski definition) is 8. The highest BCUT2D eigenvalue weighted by molar-refractivity contribution is 5.98. The highest BCUT2D eigenvalue weighted by Gasteiger charge is 2.17. The predicted octanol–water partition coefficient (Wildman–Crippen LogP) is 6.14. The lowest BCUT2D eigenvalue weighted by Gasteiger charge is -2.07. The van der Waals surface area contributed by atoms with Crippen molar-refractivity contribution in [3.8, 4) is 23.7 Å². The van der Waals surface area contributed by atoms with Crippen molar-refractivity contribution in [2.45, 2.75) is 66.2 Å². The summed E-state index contributed by atoms with van der Waals surface area (Å²) in [4.78, 5) is 48.9. The monoisotopic (exact) mass is 574 g/mol. The largest absolute Gasteiger partial charge is 0.462 e. The highest BCUT2D eigenvalue weighted by atomic mass is 16.5. The van der Waals surface area contributed by atoms with Crippen LogP contribution >= 0.6 is 0 Å². The van der Waals surface area contributed by atoms with Gasteiger partial charge >= 0.3 is 23.9 Å². The molecule has 0 atom stereocenters. The zero-order valence-corrected chi connectivity index (χ0v) is 24.8. The smallest absolute Gasteiger partial charge is 0.339 e. The zero-order valence-electron chi connectivity index (χ0n) is 24.8. The zero-order chi connectivity index (χ0) is 30.7.